The van der Waals surface area contributed by atoms with Crippen molar-refractivity contribution in [1.29, 1.82) is 0 Å². The summed E-state index contributed by atoms with van der Waals surface area (Å²) in [6.45, 7) is 3.42. The minimum atomic E-state index is -0.385. The van der Waals surface area contributed by atoms with E-state index >= 15 is 0 Å². The lowest BCUT2D eigenvalue weighted by atomic mass is 10.1. The van der Waals surface area contributed by atoms with Crippen molar-refractivity contribution in [3.8, 4) is 5.75 Å². The van der Waals surface area contributed by atoms with Gasteiger partial charge in [0.2, 0.25) is 0 Å². The van der Waals surface area contributed by atoms with Crippen molar-refractivity contribution in [2.75, 3.05) is 20.3 Å². The molecule has 0 aromatic heterocycles. The van der Waals surface area contributed by atoms with E-state index in [0.717, 1.165) is 18.6 Å². The smallest absolute Gasteiger partial charge is 0.166 e. The van der Waals surface area contributed by atoms with Crippen LogP contribution in [0.2, 0.25) is 0 Å². The summed E-state index contributed by atoms with van der Waals surface area (Å²) in [5, 5.41) is 0. The summed E-state index contributed by atoms with van der Waals surface area (Å²) < 4.78 is 16.2. The Bertz CT molecular complexity index is 389. The number of methoxy groups -OCH3 is 1. The molecule has 1 fully saturated rings. The van der Waals surface area contributed by atoms with E-state index in [1.165, 1.54) is 5.56 Å². The fourth-order valence-corrected chi connectivity index (χ4v) is 1.98. The molecule has 0 spiro atoms. The Morgan fingerprint density at radius 3 is 2.50 bits per heavy atom. The highest BCUT2D eigenvalue weighted by Crippen LogP contribution is 2.24. The zero-order valence-corrected chi connectivity index (χ0v) is 11.0. The molecule has 0 radical (unpaired) electrons. The standard InChI is InChI=1S/C15H20O3/c1-15(17-11-12-18-15)10-4-3-5-13-6-8-14(16-2)9-7-13/h3,5-9H,4,10-12H2,1-2H3/b5-3-. The second kappa shape index (κ2) is 6.03. The molecule has 0 amide bonds. The lowest BCUT2D eigenvalue weighted by molar-refractivity contribution is -0.145. The van der Waals surface area contributed by atoms with Crippen molar-refractivity contribution >= 4 is 6.08 Å². The van der Waals surface area contributed by atoms with Crippen LogP contribution in [-0.2, 0) is 9.47 Å². The average Bonchev–Trinajstić information content (AvgIpc) is 2.83. The van der Waals surface area contributed by atoms with Crippen LogP contribution in [0.3, 0.4) is 0 Å². The van der Waals surface area contributed by atoms with E-state index in [2.05, 4.69) is 12.2 Å². The summed E-state index contributed by atoms with van der Waals surface area (Å²) in [5.41, 5.74) is 1.18. The Hall–Kier alpha value is -1.32. The summed E-state index contributed by atoms with van der Waals surface area (Å²) >= 11 is 0. The van der Waals surface area contributed by atoms with Crippen LogP contribution in [-0.4, -0.2) is 26.1 Å². The first kappa shape index (κ1) is 13.1. The van der Waals surface area contributed by atoms with Crippen LogP contribution in [0, 0.1) is 0 Å². The van der Waals surface area contributed by atoms with Gasteiger partial charge in [-0.05, 0) is 31.0 Å². The van der Waals surface area contributed by atoms with Crippen LogP contribution in [0.1, 0.15) is 25.3 Å². The fourth-order valence-electron chi connectivity index (χ4n) is 1.98. The zero-order chi connectivity index (χ0) is 12.8. The van der Waals surface area contributed by atoms with Gasteiger partial charge in [-0.1, -0.05) is 24.3 Å². The lowest BCUT2D eigenvalue weighted by Crippen LogP contribution is -2.24. The van der Waals surface area contributed by atoms with E-state index < -0.39 is 0 Å². The zero-order valence-electron chi connectivity index (χ0n) is 11.0. The van der Waals surface area contributed by atoms with Crippen LogP contribution in [0.15, 0.2) is 30.3 Å². The van der Waals surface area contributed by atoms with E-state index in [9.17, 15) is 0 Å². The molecule has 0 aliphatic carbocycles. The minimum absolute atomic E-state index is 0.385. The maximum absolute atomic E-state index is 5.55. The van der Waals surface area contributed by atoms with Gasteiger partial charge in [-0.15, -0.1) is 0 Å². The van der Waals surface area contributed by atoms with E-state index in [1.54, 1.807) is 7.11 Å². The van der Waals surface area contributed by atoms with Gasteiger partial charge in [0.1, 0.15) is 5.75 Å². The summed E-state index contributed by atoms with van der Waals surface area (Å²) in [5.74, 6) is 0.497. The molecule has 18 heavy (non-hydrogen) atoms. The molecule has 1 heterocycles. The third kappa shape index (κ3) is 3.59. The first-order chi connectivity index (χ1) is 8.72. The van der Waals surface area contributed by atoms with Crippen molar-refractivity contribution in [3.63, 3.8) is 0 Å². The van der Waals surface area contributed by atoms with Crippen molar-refractivity contribution in [3.05, 3.63) is 35.9 Å². The molecule has 1 aromatic carbocycles. The van der Waals surface area contributed by atoms with E-state index in [4.69, 9.17) is 14.2 Å². The first-order valence-electron chi connectivity index (χ1n) is 6.30. The second-order valence-electron chi connectivity index (χ2n) is 4.54. The molecule has 3 heteroatoms. The van der Waals surface area contributed by atoms with Gasteiger partial charge >= 0.3 is 0 Å². The van der Waals surface area contributed by atoms with Crippen LogP contribution in [0.4, 0.5) is 0 Å². The molecule has 0 N–H and O–H groups in total. The SMILES string of the molecule is COc1ccc(/C=C\CCC2(C)OCCO2)cc1. The van der Waals surface area contributed by atoms with Gasteiger partial charge in [0.05, 0.1) is 20.3 Å². The Morgan fingerprint density at radius 2 is 1.89 bits per heavy atom. The topological polar surface area (TPSA) is 27.7 Å². The molecule has 0 unspecified atom stereocenters. The van der Waals surface area contributed by atoms with Gasteiger partial charge in [0, 0.05) is 6.42 Å². The molecule has 2 rings (SSSR count). The van der Waals surface area contributed by atoms with Gasteiger partial charge in [-0.25, -0.2) is 0 Å². The number of allylic oxidation sites excluding steroid dienone is 1. The van der Waals surface area contributed by atoms with Crippen LogP contribution < -0.4 is 4.74 Å². The van der Waals surface area contributed by atoms with Gasteiger partial charge in [0.15, 0.2) is 5.79 Å². The molecule has 1 aromatic rings. The Balaban J connectivity index is 1.80. The summed E-state index contributed by atoms with van der Waals surface area (Å²) in [7, 11) is 1.67. The average molecular weight is 248 g/mol. The second-order valence-corrected chi connectivity index (χ2v) is 4.54. The van der Waals surface area contributed by atoms with Crippen LogP contribution >= 0.6 is 0 Å². The Labute approximate surface area is 108 Å². The normalized spacial score (nSPS) is 18.3. The van der Waals surface area contributed by atoms with E-state index in [0.29, 0.717) is 13.2 Å². The maximum Gasteiger partial charge on any atom is 0.166 e. The van der Waals surface area contributed by atoms with Crippen molar-refractivity contribution in [2.24, 2.45) is 0 Å². The largest absolute Gasteiger partial charge is 0.497 e. The van der Waals surface area contributed by atoms with Gasteiger partial charge in [-0.3, -0.25) is 0 Å². The Morgan fingerprint density at radius 1 is 1.22 bits per heavy atom. The number of hydrogen-bond donors (Lipinski definition) is 0. The number of ether oxygens (including phenoxy) is 3. The van der Waals surface area contributed by atoms with Crippen molar-refractivity contribution < 1.29 is 14.2 Å². The summed E-state index contributed by atoms with van der Waals surface area (Å²) in [6, 6.07) is 8.01. The Kier molecular flexibility index (Phi) is 4.39. The number of benzene rings is 1. The molecule has 98 valence electrons. The highest BCUT2D eigenvalue weighted by Gasteiger charge is 2.29. The monoisotopic (exact) mass is 248 g/mol. The highest BCUT2D eigenvalue weighted by molar-refractivity contribution is 5.50. The molecular weight excluding hydrogens is 228 g/mol. The van der Waals surface area contributed by atoms with Gasteiger partial charge < -0.3 is 14.2 Å². The lowest BCUT2D eigenvalue weighted by Gasteiger charge is -2.20. The fraction of sp³-hybridized carbons (Fsp3) is 0.467. The highest BCUT2D eigenvalue weighted by atomic mass is 16.7. The number of hydrogen-bond acceptors (Lipinski definition) is 3. The van der Waals surface area contributed by atoms with Crippen molar-refractivity contribution in [2.45, 2.75) is 25.6 Å². The van der Waals surface area contributed by atoms with Gasteiger partial charge in [-0.2, -0.15) is 0 Å². The van der Waals surface area contributed by atoms with E-state index in [-0.39, 0.29) is 5.79 Å². The molecule has 0 atom stereocenters. The molecule has 1 aliphatic heterocycles. The van der Waals surface area contributed by atoms with E-state index in [1.807, 2.05) is 31.2 Å². The predicted molar refractivity (Wildman–Crippen MR) is 71.6 cm³/mol. The van der Waals surface area contributed by atoms with Crippen LogP contribution in [0.25, 0.3) is 6.08 Å². The molecule has 0 saturated carbocycles. The maximum atomic E-state index is 5.55. The molecular formula is C15H20O3. The summed E-state index contributed by atoms with van der Waals surface area (Å²) in [4.78, 5) is 0. The molecule has 0 bridgehead atoms. The first-order valence-corrected chi connectivity index (χ1v) is 6.30. The third-order valence-corrected chi connectivity index (χ3v) is 3.09. The minimum Gasteiger partial charge on any atom is -0.497 e. The van der Waals surface area contributed by atoms with Gasteiger partial charge in [0.25, 0.3) is 0 Å². The summed E-state index contributed by atoms with van der Waals surface area (Å²) in [6.07, 6.45) is 6.10. The number of rotatable bonds is 5. The molecule has 3 nitrogen and oxygen atoms in total. The molecule has 1 aliphatic rings. The third-order valence-electron chi connectivity index (χ3n) is 3.09. The quantitative estimate of drug-likeness (QED) is 0.800. The predicted octanol–water partition coefficient (Wildman–Crippen LogP) is 3.25. The molecule has 1 saturated heterocycles. The van der Waals surface area contributed by atoms with Crippen molar-refractivity contribution in [1.82, 2.24) is 0 Å². The van der Waals surface area contributed by atoms with Crippen LogP contribution in [0.5, 0.6) is 5.75 Å².